The maximum Gasteiger partial charge on any atom is 0.323 e. The molecular formula is C44H48N4O6. The van der Waals surface area contributed by atoms with Crippen LogP contribution >= 0.6 is 0 Å². The number of nitrogens with one attached hydrogen (secondary N) is 1. The Morgan fingerprint density at radius 2 is 1.33 bits per heavy atom. The molecule has 0 spiro atoms. The van der Waals surface area contributed by atoms with Gasteiger partial charge in [0.05, 0.1) is 19.3 Å². The van der Waals surface area contributed by atoms with Gasteiger partial charge in [0.2, 0.25) is 0 Å². The molecule has 54 heavy (non-hydrogen) atoms. The van der Waals surface area contributed by atoms with E-state index in [0.29, 0.717) is 45.6 Å². The van der Waals surface area contributed by atoms with E-state index in [9.17, 15) is 10.3 Å². The van der Waals surface area contributed by atoms with Crippen LogP contribution in [-0.4, -0.2) is 49.3 Å². The molecule has 0 saturated carbocycles. The zero-order chi connectivity index (χ0) is 37.4. The molecule has 10 nitrogen and oxygen atoms in total. The maximum atomic E-state index is 13.2. The summed E-state index contributed by atoms with van der Waals surface area (Å²) in [5.41, 5.74) is 13.7. The van der Waals surface area contributed by atoms with Crippen LogP contribution in [0.3, 0.4) is 0 Å². The van der Waals surface area contributed by atoms with Gasteiger partial charge in [-0.3, -0.25) is 4.79 Å². The second-order valence-electron chi connectivity index (χ2n) is 13.5. The summed E-state index contributed by atoms with van der Waals surface area (Å²) in [6, 6.07) is 42.6. The average Bonchev–Trinajstić information content (AvgIpc) is 3.21. The van der Waals surface area contributed by atoms with Gasteiger partial charge in [0.1, 0.15) is 30.9 Å². The van der Waals surface area contributed by atoms with Crippen molar-refractivity contribution in [1.82, 2.24) is 5.32 Å². The Balaban J connectivity index is 1.07. The number of hydrogen-bond acceptors (Lipinski definition) is 8. The van der Waals surface area contributed by atoms with Crippen LogP contribution in [0.25, 0.3) is 21.2 Å². The summed E-state index contributed by atoms with van der Waals surface area (Å²) in [4.78, 5) is 16.4. The molecule has 0 bridgehead atoms. The number of hydrogen-bond donors (Lipinski definition) is 1. The van der Waals surface area contributed by atoms with E-state index in [1.807, 2.05) is 110 Å². The second kappa shape index (κ2) is 20.4. The minimum absolute atomic E-state index is 0.213. The highest BCUT2D eigenvalue weighted by molar-refractivity contribution is 5.83. The fourth-order valence-corrected chi connectivity index (χ4v) is 6.63. The topological polar surface area (TPSA) is 124 Å². The van der Waals surface area contributed by atoms with Gasteiger partial charge in [-0.25, -0.2) is 0 Å². The van der Waals surface area contributed by atoms with Gasteiger partial charge in [-0.05, 0) is 70.8 Å². The number of nitrogens with zero attached hydrogens (tertiary/aromatic N) is 3. The third-order valence-electron chi connectivity index (χ3n) is 9.55. The molecule has 0 radical (unpaired) electrons. The number of unbranched alkanes of at least 4 members (excludes halogenated alkanes) is 1. The summed E-state index contributed by atoms with van der Waals surface area (Å²) in [6.07, 6.45) is -0.557. The SMILES string of the molecule is C[C@H]1O[C@@H](OCCCCC(NCc2ccccc2)C(=O)OCc2ccccc2)[C@H](N=[N+]=[N-])[C@@H](OCc2ccccc2)[C@H]1OCc1ccc2ccccc2c1. The van der Waals surface area contributed by atoms with Gasteiger partial charge in [0.15, 0.2) is 6.29 Å². The number of carbonyl (C=O) groups excluding carboxylic acids is 1. The Labute approximate surface area is 317 Å². The van der Waals surface area contributed by atoms with Crippen LogP contribution in [0.2, 0.25) is 0 Å². The average molecular weight is 729 g/mol. The Morgan fingerprint density at radius 1 is 0.722 bits per heavy atom. The monoisotopic (exact) mass is 728 g/mol. The minimum Gasteiger partial charge on any atom is -0.460 e. The molecule has 280 valence electrons. The van der Waals surface area contributed by atoms with Crippen LogP contribution in [0.15, 0.2) is 139 Å². The lowest BCUT2D eigenvalue weighted by atomic mass is 9.97. The molecular weight excluding hydrogens is 681 g/mol. The second-order valence-corrected chi connectivity index (χ2v) is 13.5. The van der Waals surface area contributed by atoms with E-state index >= 15 is 0 Å². The van der Waals surface area contributed by atoms with Gasteiger partial charge in [0, 0.05) is 18.1 Å². The van der Waals surface area contributed by atoms with E-state index in [1.54, 1.807) is 0 Å². The Kier molecular flexibility index (Phi) is 14.6. The summed E-state index contributed by atoms with van der Waals surface area (Å²) < 4.78 is 31.3. The lowest BCUT2D eigenvalue weighted by Crippen LogP contribution is -2.58. The van der Waals surface area contributed by atoms with E-state index in [-0.39, 0.29) is 12.6 Å². The van der Waals surface area contributed by atoms with E-state index in [1.165, 1.54) is 0 Å². The predicted molar refractivity (Wildman–Crippen MR) is 208 cm³/mol. The third-order valence-corrected chi connectivity index (χ3v) is 9.55. The number of ether oxygens (including phenoxy) is 5. The van der Waals surface area contributed by atoms with E-state index in [0.717, 1.165) is 33.0 Å². The number of azide groups is 1. The van der Waals surface area contributed by atoms with Gasteiger partial charge in [-0.1, -0.05) is 133 Å². The first-order valence-electron chi connectivity index (χ1n) is 18.6. The smallest absolute Gasteiger partial charge is 0.323 e. The van der Waals surface area contributed by atoms with Crippen LogP contribution in [0, 0.1) is 0 Å². The zero-order valence-electron chi connectivity index (χ0n) is 30.6. The van der Waals surface area contributed by atoms with Crippen molar-refractivity contribution >= 4 is 16.7 Å². The zero-order valence-corrected chi connectivity index (χ0v) is 30.6. The highest BCUT2D eigenvalue weighted by Gasteiger charge is 2.46. The molecule has 1 heterocycles. The molecule has 0 aliphatic carbocycles. The van der Waals surface area contributed by atoms with E-state index in [2.05, 4.69) is 45.7 Å². The number of carbonyl (C=O) groups is 1. The first kappa shape index (κ1) is 38.7. The molecule has 1 aliphatic rings. The molecule has 1 N–H and O–H groups in total. The normalized spacial score (nSPS) is 20.2. The van der Waals surface area contributed by atoms with Crippen molar-refractivity contribution in [3.8, 4) is 0 Å². The van der Waals surface area contributed by atoms with Crippen LogP contribution in [-0.2, 0) is 54.8 Å². The van der Waals surface area contributed by atoms with Gasteiger partial charge < -0.3 is 29.0 Å². The fourth-order valence-electron chi connectivity index (χ4n) is 6.63. The highest BCUT2D eigenvalue weighted by Crippen LogP contribution is 2.31. The molecule has 1 aliphatic heterocycles. The van der Waals surface area contributed by atoms with Crippen LogP contribution in [0.1, 0.15) is 48.4 Å². The molecule has 5 aromatic carbocycles. The first-order chi connectivity index (χ1) is 26.6. The van der Waals surface area contributed by atoms with Crippen molar-refractivity contribution in [2.24, 2.45) is 5.11 Å². The molecule has 5 aromatic rings. The van der Waals surface area contributed by atoms with Crippen molar-refractivity contribution in [3.63, 3.8) is 0 Å². The van der Waals surface area contributed by atoms with E-state index in [4.69, 9.17) is 23.7 Å². The lowest BCUT2D eigenvalue weighted by Gasteiger charge is -2.43. The number of rotatable bonds is 19. The summed E-state index contributed by atoms with van der Waals surface area (Å²) in [6.45, 7) is 3.64. The molecule has 1 fully saturated rings. The van der Waals surface area contributed by atoms with Crippen LogP contribution in [0.5, 0.6) is 0 Å². The van der Waals surface area contributed by atoms with E-state index < -0.39 is 36.7 Å². The maximum absolute atomic E-state index is 13.2. The summed E-state index contributed by atoms with van der Waals surface area (Å²) in [7, 11) is 0. The minimum atomic E-state index is -0.847. The van der Waals surface area contributed by atoms with Gasteiger partial charge in [0.25, 0.3) is 0 Å². The molecule has 6 rings (SSSR count). The number of fused-ring (bicyclic) bond motifs is 1. The first-order valence-corrected chi connectivity index (χ1v) is 18.6. The predicted octanol–water partition coefficient (Wildman–Crippen LogP) is 8.82. The molecule has 6 atom stereocenters. The third kappa shape index (κ3) is 11.2. The number of benzene rings is 5. The van der Waals surface area contributed by atoms with Crippen molar-refractivity contribution in [2.75, 3.05) is 6.61 Å². The molecule has 10 heteroatoms. The summed E-state index contributed by atoms with van der Waals surface area (Å²) >= 11 is 0. The summed E-state index contributed by atoms with van der Waals surface area (Å²) in [5, 5.41) is 9.82. The largest absolute Gasteiger partial charge is 0.460 e. The fraction of sp³-hybridized carbons (Fsp3) is 0.341. The molecule has 0 amide bonds. The molecule has 0 aromatic heterocycles. The van der Waals surface area contributed by atoms with Gasteiger partial charge in [-0.2, -0.15) is 0 Å². The lowest BCUT2D eigenvalue weighted by molar-refractivity contribution is -0.274. The van der Waals surface area contributed by atoms with Gasteiger partial charge >= 0.3 is 5.97 Å². The van der Waals surface area contributed by atoms with Crippen molar-refractivity contribution in [3.05, 3.63) is 166 Å². The number of esters is 1. The highest BCUT2D eigenvalue weighted by atomic mass is 16.7. The molecule has 1 unspecified atom stereocenters. The standard InChI is InChI=1S/C44H48N4O6/c1-32-41(51-31-36-24-25-37-21-11-12-22-38(37)27-36)42(52-29-34-17-7-3-8-18-34)40(47-48-45)44(54-32)50-26-14-13-23-39(46-28-33-15-5-2-6-16-33)43(49)53-30-35-19-9-4-10-20-35/h2-12,15-22,24-25,27,32,39-42,44,46H,13-14,23,26,28-31H2,1H3/t32-,39?,40-,41+,42-,44-/m1/s1. The Hall–Kier alpha value is -5.06. The van der Waals surface area contributed by atoms with Crippen LogP contribution in [0.4, 0.5) is 0 Å². The Morgan fingerprint density at radius 3 is 2.04 bits per heavy atom. The van der Waals surface area contributed by atoms with Crippen molar-refractivity contribution in [1.29, 1.82) is 0 Å². The quantitative estimate of drug-likeness (QED) is 0.0296. The Bertz CT molecular complexity index is 1930. The molecule has 1 saturated heterocycles. The van der Waals surface area contributed by atoms with Crippen molar-refractivity contribution in [2.45, 2.75) is 89.2 Å². The van der Waals surface area contributed by atoms with Gasteiger partial charge in [-0.15, -0.1) is 0 Å². The van der Waals surface area contributed by atoms with Crippen molar-refractivity contribution < 1.29 is 28.5 Å². The van der Waals surface area contributed by atoms with Crippen LogP contribution < -0.4 is 5.32 Å². The summed E-state index contributed by atoms with van der Waals surface area (Å²) in [5.74, 6) is -0.295.